The van der Waals surface area contributed by atoms with Crippen molar-refractivity contribution in [3.63, 3.8) is 0 Å². The normalized spacial score (nSPS) is 10.7. The van der Waals surface area contributed by atoms with Gasteiger partial charge in [-0.25, -0.2) is 0 Å². The van der Waals surface area contributed by atoms with E-state index in [9.17, 15) is 10.1 Å². The average Bonchev–Trinajstić information content (AvgIpc) is 2.68. The summed E-state index contributed by atoms with van der Waals surface area (Å²) in [7, 11) is 0. The molecule has 0 amide bonds. The molecule has 0 N–H and O–H groups in total. The zero-order chi connectivity index (χ0) is 17.2. The first kappa shape index (κ1) is 15.0. The standard InChI is InChI=1S/C21H14N2O2/c24-23(25)18-11-6-10-16(13-18)20-19-12-5-4-9-17(19)14-22-21(20)15-7-2-1-3-8-15/h1-14H. The largest absolute Gasteiger partial charge is 0.270 e. The van der Waals surface area contributed by atoms with Gasteiger partial charge in [0.15, 0.2) is 0 Å². The molecule has 4 nitrogen and oxygen atoms in total. The van der Waals surface area contributed by atoms with E-state index in [1.807, 2.05) is 66.9 Å². The summed E-state index contributed by atoms with van der Waals surface area (Å²) < 4.78 is 0. The van der Waals surface area contributed by atoms with E-state index in [2.05, 4.69) is 4.98 Å². The molecule has 0 atom stereocenters. The Kier molecular flexibility index (Phi) is 3.71. The van der Waals surface area contributed by atoms with Crippen molar-refractivity contribution < 1.29 is 4.92 Å². The van der Waals surface area contributed by atoms with Gasteiger partial charge >= 0.3 is 0 Å². The van der Waals surface area contributed by atoms with Gasteiger partial charge in [-0.1, -0.05) is 66.7 Å². The molecule has 4 rings (SSSR count). The van der Waals surface area contributed by atoms with Gasteiger partial charge in [-0.15, -0.1) is 0 Å². The van der Waals surface area contributed by atoms with Crippen LogP contribution in [0.4, 0.5) is 5.69 Å². The van der Waals surface area contributed by atoms with Gasteiger partial charge in [0.25, 0.3) is 5.69 Å². The number of benzene rings is 3. The third-order valence-electron chi connectivity index (χ3n) is 4.19. The van der Waals surface area contributed by atoms with Crippen LogP contribution >= 0.6 is 0 Å². The van der Waals surface area contributed by atoms with Crippen molar-refractivity contribution in [3.05, 3.63) is 95.2 Å². The maximum absolute atomic E-state index is 11.2. The molecular weight excluding hydrogens is 312 g/mol. The van der Waals surface area contributed by atoms with Gasteiger partial charge in [0.05, 0.1) is 10.6 Å². The van der Waals surface area contributed by atoms with Crippen LogP contribution in [-0.2, 0) is 0 Å². The minimum absolute atomic E-state index is 0.0736. The third kappa shape index (κ3) is 2.74. The average molecular weight is 326 g/mol. The number of pyridine rings is 1. The van der Waals surface area contributed by atoms with Gasteiger partial charge in [0.1, 0.15) is 0 Å². The highest BCUT2D eigenvalue weighted by Gasteiger charge is 2.15. The fourth-order valence-corrected chi connectivity index (χ4v) is 3.05. The molecule has 0 radical (unpaired) electrons. The molecule has 1 aromatic heterocycles. The van der Waals surface area contributed by atoms with E-state index in [0.29, 0.717) is 0 Å². The molecule has 0 bridgehead atoms. The Morgan fingerprint density at radius 1 is 0.800 bits per heavy atom. The highest BCUT2D eigenvalue weighted by Crippen LogP contribution is 2.37. The van der Waals surface area contributed by atoms with Crippen LogP contribution in [0.15, 0.2) is 85.1 Å². The fourth-order valence-electron chi connectivity index (χ4n) is 3.05. The number of hydrogen-bond donors (Lipinski definition) is 0. The lowest BCUT2D eigenvalue weighted by atomic mass is 9.94. The second-order valence-corrected chi connectivity index (χ2v) is 5.74. The summed E-state index contributed by atoms with van der Waals surface area (Å²) in [6.45, 7) is 0. The molecule has 0 aliphatic carbocycles. The Hall–Kier alpha value is -3.53. The molecule has 3 aromatic carbocycles. The minimum atomic E-state index is -0.371. The first-order chi connectivity index (χ1) is 12.2. The van der Waals surface area contributed by atoms with Crippen LogP contribution in [0.1, 0.15) is 0 Å². The van der Waals surface area contributed by atoms with Crippen LogP contribution in [0.5, 0.6) is 0 Å². The Bertz CT molecular complexity index is 1080. The van der Waals surface area contributed by atoms with Crippen molar-refractivity contribution >= 4 is 16.5 Å². The van der Waals surface area contributed by atoms with Crippen LogP contribution < -0.4 is 0 Å². The summed E-state index contributed by atoms with van der Waals surface area (Å²) in [4.78, 5) is 15.5. The van der Waals surface area contributed by atoms with Gasteiger partial charge in [0.2, 0.25) is 0 Å². The van der Waals surface area contributed by atoms with Crippen LogP contribution in [0.25, 0.3) is 33.2 Å². The summed E-state index contributed by atoms with van der Waals surface area (Å²) in [5.74, 6) is 0. The molecule has 4 aromatic rings. The molecule has 0 spiro atoms. The fraction of sp³-hybridized carbons (Fsp3) is 0. The number of rotatable bonds is 3. The minimum Gasteiger partial charge on any atom is -0.258 e. The highest BCUT2D eigenvalue weighted by molar-refractivity contribution is 6.02. The Morgan fingerprint density at radius 2 is 1.52 bits per heavy atom. The number of aromatic nitrogens is 1. The summed E-state index contributed by atoms with van der Waals surface area (Å²) >= 11 is 0. The summed E-state index contributed by atoms with van der Waals surface area (Å²) in [6.07, 6.45) is 1.85. The Balaban J connectivity index is 2.06. The number of fused-ring (bicyclic) bond motifs is 1. The second-order valence-electron chi connectivity index (χ2n) is 5.74. The van der Waals surface area contributed by atoms with Crippen LogP contribution in [0.2, 0.25) is 0 Å². The zero-order valence-corrected chi connectivity index (χ0v) is 13.3. The molecule has 0 unspecified atom stereocenters. The van der Waals surface area contributed by atoms with E-state index < -0.39 is 0 Å². The van der Waals surface area contributed by atoms with E-state index >= 15 is 0 Å². The molecule has 0 saturated heterocycles. The molecule has 0 saturated carbocycles. The van der Waals surface area contributed by atoms with Crippen LogP contribution in [-0.4, -0.2) is 9.91 Å². The van der Waals surface area contributed by atoms with Crippen LogP contribution in [0.3, 0.4) is 0 Å². The summed E-state index contributed by atoms with van der Waals surface area (Å²) in [5, 5.41) is 13.2. The highest BCUT2D eigenvalue weighted by atomic mass is 16.6. The first-order valence-electron chi connectivity index (χ1n) is 7.92. The quantitative estimate of drug-likeness (QED) is 0.370. The van der Waals surface area contributed by atoms with E-state index in [1.165, 1.54) is 6.07 Å². The van der Waals surface area contributed by atoms with Gasteiger partial charge in [0, 0.05) is 34.8 Å². The van der Waals surface area contributed by atoms with Crippen molar-refractivity contribution in [2.75, 3.05) is 0 Å². The topological polar surface area (TPSA) is 56.0 Å². The Morgan fingerprint density at radius 3 is 2.32 bits per heavy atom. The SMILES string of the molecule is O=[N+]([O-])c1cccc(-c2c(-c3ccccc3)ncc3ccccc23)c1. The molecular formula is C21H14N2O2. The van der Waals surface area contributed by atoms with Crippen LogP contribution in [0, 0.1) is 10.1 Å². The lowest BCUT2D eigenvalue weighted by molar-refractivity contribution is -0.384. The lowest BCUT2D eigenvalue weighted by Gasteiger charge is -2.13. The first-order valence-corrected chi connectivity index (χ1v) is 7.92. The molecule has 0 fully saturated rings. The monoisotopic (exact) mass is 326 g/mol. The number of nitrogens with zero attached hydrogens (tertiary/aromatic N) is 2. The lowest BCUT2D eigenvalue weighted by Crippen LogP contribution is -1.93. The van der Waals surface area contributed by atoms with Gasteiger partial charge in [-0.3, -0.25) is 15.1 Å². The molecule has 4 heteroatoms. The second kappa shape index (κ2) is 6.17. The molecule has 0 aliphatic heterocycles. The number of nitro groups is 1. The number of hydrogen-bond acceptors (Lipinski definition) is 3. The van der Waals surface area contributed by atoms with Gasteiger partial charge < -0.3 is 0 Å². The summed E-state index contributed by atoms with van der Waals surface area (Å²) in [5.41, 5.74) is 3.57. The van der Waals surface area contributed by atoms with Gasteiger partial charge in [-0.05, 0) is 10.9 Å². The van der Waals surface area contributed by atoms with Crippen molar-refractivity contribution in [3.8, 4) is 22.4 Å². The smallest absolute Gasteiger partial charge is 0.258 e. The molecule has 25 heavy (non-hydrogen) atoms. The molecule has 1 heterocycles. The van der Waals surface area contributed by atoms with E-state index in [-0.39, 0.29) is 10.6 Å². The Labute approximate surface area is 144 Å². The van der Waals surface area contributed by atoms with E-state index in [1.54, 1.807) is 12.1 Å². The molecule has 120 valence electrons. The van der Waals surface area contributed by atoms with E-state index in [4.69, 9.17) is 0 Å². The van der Waals surface area contributed by atoms with Crippen molar-refractivity contribution in [1.82, 2.24) is 4.98 Å². The third-order valence-corrected chi connectivity index (χ3v) is 4.19. The summed E-state index contributed by atoms with van der Waals surface area (Å²) in [6, 6.07) is 24.5. The maximum Gasteiger partial charge on any atom is 0.270 e. The predicted molar refractivity (Wildman–Crippen MR) is 99.3 cm³/mol. The van der Waals surface area contributed by atoms with Gasteiger partial charge in [-0.2, -0.15) is 0 Å². The predicted octanol–water partition coefficient (Wildman–Crippen LogP) is 5.48. The maximum atomic E-state index is 11.2. The van der Waals surface area contributed by atoms with E-state index in [0.717, 1.165) is 33.2 Å². The zero-order valence-electron chi connectivity index (χ0n) is 13.3. The van der Waals surface area contributed by atoms with Crippen molar-refractivity contribution in [2.45, 2.75) is 0 Å². The number of non-ortho nitro benzene ring substituents is 1. The van der Waals surface area contributed by atoms with Crippen molar-refractivity contribution in [2.24, 2.45) is 0 Å². The molecule has 0 aliphatic rings. The number of nitro benzene ring substituents is 1. The van der Waals surface area contributed by atoms with Crippen molar-refractivity contribution in [1.29, 1.82) is 0 Å².